The molecule has 2 aromatic rings. The maximum atomic E-state index is 9.12. The van der Waals surface area contributed by atoms with Crippen LogP contribution in [0.15, 0.2) is 42.5 Å². The Bertz CT molecular complexity index is 624. The zero-order valence-electron chi connectivity index (χ0n) is 12.0. The molecule has 0 heterocycles. The Hall–Kier alpha value is -2.47. The van der Waals surface area contributed by atoms with Gasteiger partial charge in [0.25, 0.3) is 0 Å². The van der Waals surface area contributed by atoms with Crippen molar-refractivity contribution < 1.29 is 4.74 Å². The number of anilines is 2. The first-order valence-corrected chi connectivity index (χ1v) is 6.63. The smallest absolute Gasteiger partial charge is 0.119 e. The van der Waals surface area contributed by atoms with Crippen LogP contribution in [0.2, 0.25) is 0 Å². The summed E-state index contributed by atoms with van der Waals surface area (Å²) in [6, 6.07) is 15.7. The van der Waals surface area contributed by atoms with Gasteiger partial charge in [-0.25, -0.2) is 0 Å². The number of nitrogens with zero attached hydrogens (tertiary/aromatic N) is 1. The largest absolute Gasteiger partial charge is 0.491 e. The molecule has 1 N–H and O–H groups in total. The zero-order chi connectivity index (χ0) is 14.5. The molecule has 0 aliphatic heterocycles. The van der Waals surface area contributed by atoms with E-state index in [0.29, 0.717) is 5.56 Å². The molecule has 0 spiro atoms. The van der Waals surface area contributed by atoms with E-state index in [1.54, 1.807) is 0 Å². The van der Waals surface area contributed by atoms with E-state index in [1.807, 2.05) is 63.2 Å². The van der Waals surface area contributed by atoms with Gasteiger partial charge in [-0.1, -0.05) is 6.07 Å². The van der Waals surface area contributed by atoms with Gasteiger partial charge < -0.3 is 10.1 Å². The maximum absolute atomic E-state index is 9.12. The van der Waals surface area contributed by atoms with Crippen molar-refractivity contribution in [1.29, 1.82) is 5.26 Å². The van der Waals surface area contributed by atoms with E-state index in [0.717, 1.165) is 22.7 Å². The summed E-state index contributed by atoms with van der Waals surface area (Å²) in [4.78, 5) is 0. The Labute approximate surface area is 119 Å². The summed E-state index contributed by atoms with van der Waals surface area (Å²) in [5, 5.41) is 12.4. The van der Waals surface area contributed by atoms with E-state index in [2.05, 4.69) is 11.4 Å². The van der Waals surface area contributed by atoms with Crippen LogP contribution in [0, 0.1) is 18.3 Å². The first-order chi connectivity index (χ1) is 9.58. The molecular weight excluding hydrogens is 248 g/mol. The second-order valence-electron chi connectivity index (χ2n) is 4.98. The maximum Gasteiger partial charge on any atom is 0.119 e. The molecule has 0 saturated heterocycles. The predicted octanol–water partition coefficient (Wildman–Crippen LogP) is 4.40. The SMILES string of the molecule is Cc1ccc(C#N)c(Nc2ccc(OC(C)C)cc2)c1. The predicted molar refractivity (Wildman–Crippen MR) is 81.4 cm³/mol. The Morgan fingerprint density at radius 3 is 2.40 bits per heavy atom. The van der Waals surface area contributed by atoms with Gasteiger partial charge >= 0.3 is 0 Å². The molecule has 3 heteroatoms. The number of rotatable bonds is 4. The van der Waals surface area contributed by atoms with Crippen LogP contribution in [-0.4, -0.2) is 6.10 Å². The summed E-state index contributed by atoms with van der Waals surface area (Å²) in [6.07, 6.45) is 0.163. The van der Waals surface area contributed by atoms with E-state index < -0.39 is 0 Å². The van der Waals surface area contributed by atoms with Gasteiger partial charge in [-0.15, -0.1) is 0 Å². The summed E-state index contributed by atoms with van der Waals surface area (Å²) in [7, 11) is 0. The molecule has 102 valence electrons. The minimum absolute atomic E-state index is 0.163. The van der Waals surface area contributed by atoms with Crippen LogP contribution in [0.3, 0.4) is 0 Å². The molecule has 0 atom stereocenters. The molecule has 0 saturated carbocycles. The van der Waals surface area contributed by atoms with Crippen molar-refractivity contribution in [3.05, 3.63) is 53.6 Å². The monoisotopic (exact) mass is 266 g/mol. The quantitative estimate of drug-likeness (QED) is 0.892. The van der Waals surface area contributed by atoms with Crippen LogP contribution in [0.5, 0.6) is 5.75 Å². The number of hydrogen-bond donors (Lipinski definition) is 1. The van der Waals surface area contributed by atoms with Crippen LogP contribution in [0.25, 0.3) is 0 Å². The fraction of sp³-hybridized carbons (Fsp3) is 0.235. The van der Waals surface area contributed by atoms with E-state index >= 15 is 0 Å². The van der Waals surface area contributed by atoms with Gasteiger partial charge in [0.1, 0.15) is 11.8 Å². The molecule has 0 radical (unpaired) electrons. The number of nitrogens with one attached hydrogen (secondary N) is 1. The molecule has 0 aliphatic rings. The van der Waals surface area contributed by atoms with Crippen molar-refractivity contribution in [2.24, 2.45) is 0 Å². The van der Waals surface area contributed by atoms with Gasteiger partial charge in [0, 0.05) is 5.69 Å². The number of ether oxygens (including phenoxy) is 1. The van der Waals surface area contributed by atoms with E-state index in [-0.39, 0.29) is 6.10 Å². The van der Waals surface area contributed by atoms with Gasteiger partial charge in [0.05, 0.1) is 17.4 Å². The van der Waals surface area contributed by atoms with Crippen LogP contribution in [0.4, 0.5) is 11.4 Å². The highest BCUT2D eigenvalue weighted by atomic mass is 16.5. The second-order valence-corrected chi connectivity index (χ2v) is 4.98. The molecule has 0 aromatic heterocycles. The summed E-state index contributed by atoms with van der Waals surface area (Å²) >= 11 is 0. The van der Waals surface area contributed by atoms with Gasteiger partial charge in [-0.2, -0.15) is 5.26 Å². The summed E-state index contributed by atoms with van der Waals surface area (Å²) in [5.74, 6) is 0.843. The Morgan fingerprint density at radius 2 is 1.80 bits per heavy atom. The van der Waals surface area contributed by atoms with Crippen LogP contribution in [0.1, 0.15) is 25.0 Å². The number of hydrogen-bond acceptors (Lipinski definition) is 3. The number of benzene rings is 2. The fourth-order valence-electron chi connectivity index (χ4n) is 1.90. The lowest BCUT2D eigenvalue weighted by Gasteiger charge is -2.12. The Balaban J connectivity index is 2.18. The third kappa shape index (κ3) is 3.52. The topological polar surface area (TPSA) is 45.0 Å². The van der Waals surface area contributed by atoms with Crippen molar-refractivity contribution in [1.82, 2.24) is 0 Å². The minimum Gasteiger partial charge on any atom is -0.491 e. The third-order valence-corrected chi connectivity index (χ3v) is 2.80. The lowest BCUT2D eigenvalue weighted by molar-refractivity contribution is 0.242. The zero-order valence-corrected chi connectivity index (χ0v) is 12.0. The average Bonchev–Trinajstić information content (AvgIpc) is 2.41. The first-order valence-electron chi connectivity index (χ1n) is 6.63. The van der Waals surface area contributed by atoms with Crippen molar-refractivity contribution >= 4 is 11.4 Å². The van der Waals surface area contributed by atoms with Crippen molar-refractivity contribution in [2.75, 3.05) is 5.32 Å². The Kier molecular flexibility index (Phi) is 4.27. The second kappa shape index (κ2) is 6.12. The molecular formula is C17H18N2O. The first kappa shape index (κ1) is 14.0. The van der Waals surface area contributed by atoms with Gasteiger partial charge in [-0.05, 0) is 62.7 Å². The highest BCUT2D eigenvalue weighted by Crippen LogP contribution is 2.24. The molecule has 0 bridgehead atoms. The average molecular weight is 266 g/mol. The van der Waals surface area contributed by atoms with Crippen LogP contribution < -0.4 is 10.1 Å². The minimum atomic E-state index is 0.163. The molecule has 3 nitrogen and oxygen atoms in total. The van der Waals surface area contributed by atoms with Crippen molar-refractivity contribution in [3.63, 3.8) is 0 Å². The molecule has 0 aliphatic carbocycles. The van der Waals surface area contributed by atoms with Gasteiger partial charge in [-0.3, -0.25) is 0 Å². The normalized spacial score (nSPS) is 10.2. The Morgan fingerprint density at radius 1 is 1.10 bits per heavy atom. The van der Waals surface area contributed by atoms with E-state index in [4.69, 9.17) is 10.00 Å². The lowest BCUT2D eigenvalue weighted by Crippen LogP contribution is -2.05. The highest BCUT2D eigenvalue weighted by molar-refractivity contribution is 5.67. The molecule has 20 heavy (non-hydrogen) atoms. The fourth-order valence-corrected chi connectivity index (χ4v) is 1.90. The standard InChI is InChI=1S/C17H18N2O/c1-12(2)20-16-8-6-15(7-9-16)19-17-10-13(3)4-5-14(17)11-18/h4-10,12,19H,1-3H3. The summed E-state index contributed by atoms with van der Waals surface area (Å²) in [5.41, 5.74) is 3.51. The van der Waals surface area contributed by atoms with Crippen molar-refractivity contribution in [2.45, 2.75) is 26.9 Å². The lowest BCUT2D eigenvalue weighted by atomic mass is 10.1. The van der Waals surface area contributed by atoms with Crippen LogP contribution >= 0.6 is 0 Å². The number of nitriles is 1. The molecule has 2 aromatic carbocycles. The van der Waals surface area contributed by atoms with Crippen LogP contribution in [-0.2, 0) is 0 Å². The van der Waals surface area contributed by atoms with E-state index in [1.165, 1.54) is 0 Å². The molecule has 0 unspecified atom stereocenters. The van der Waals surface area contributed by atoms with Gasteiger partial charge in [0.2, 0.25) is 0 Å². The molecule has 0 fully saturated rings. The summed E-state index contributed by atoms with van der Waals surface area (Å²) in [6.45, 7) is 6.00. The molecule has 0 amide bonds. The van der Waals surface area contributed by atoms with E-state index in [9.17, 15) is 0 Å². The number of aryl methyl sites for hydroxylation is 1. The summed E-state index contributed by atoms with van der Waals surface area (Å²) < 4.78 is 5.60. The molecule has 2 rings (SSSR count). The third-order valence-electron chi connectivity index (χ3n) is 2.80. The highest BCUT2D eigenvalue weighted by Gasteiger charge is 2.03. The van der Waals surface area contributed by atoms with Crippen molar-refractivity contribution in [3.8, 4) is 11.8 Å². The van der Waals surface area contributed by atoms with Gasteiger partial charge in [0.15, 0.2) is 0 Å².